The molecular weight excluding hydrogens is 395 g/mol. The Hall–Kier alpha value is -1.18. The molecule has 1 aromatic carbocycles. The minimum atomic E-state index is -4.44. The third-order valence-corrected chi connectivity index (χ3v) is 5.49. The van der Waals surface area contributed by atoms with Gasteiger partial charge in [0.2, 0.25) is 0 Å². The van der Waals surface area contributed by atoms with Gasteiger partial charge in [-0.1, -0.05) is 11.6 Å². The van der Waals surface area contributed by atoms with Crippen molar-refractivity contribution < 1.29 is 27.4 Å². The molecule has 0 bridgehead atoms. The third kappa shape index (κ3) is 4.86. The Morgan fingerprint density at radius 2 is 1.93 bits per heavy atom. The number of alkyl halides is 3. The summed E-state index contributed by atoms with van der Waals surface area (Å²) in [5.74, 6) is 0.210. The van der Waals surface area contributed by atoms with Crippen LogP contribution < -0.4 is 9.47 Å². The Kier molecular flexibility index (Phi) is 6.09. The van der Waals surface area contributed by atoms with E-state index in [2.05, 4.69) is 25.7 Å². The van der Waals surface area contributed by atoms with E-state index >= 15 is 0 Å². The van der Waals surface area contributed by atoms with Crippen molar-refractivity contribution in [2.75, 3.05) is 26.8 Å². The molecule has 2 aliphatic rings. The summed E-state index contributed by atoms with van der Waals surface area (Å²) < 4.78 is 54.2. The monoisotopic (exact) mass is 421 g/mol. The van der Waals surface area contributed by atoms with E-state index in [0.29, 0.717) is 6.42 Å². The molecule has 0 spiro atoms. The highest BCUT2D eigenvalue weighted by Gasteiger charge is 2.38. The van der Waals surface area contributed by atoms with E-state index in [1.54, 1.807) is 6.07 Å². The highest BCUT2D eigenvalue weighted by Crippen LogP contribution is 2.47. The third-order valence-electron chi connectivity index (χ3n) is 5.09. The van der Waals surface area contributed by atoms with Crippen molar-refractivity contribution in [3.8, 4) is 11.5 Å². The van der Waals surface area contributed by atoms with E-state index in [4.69, 9.17) is 25.8 Å². The summed E-state index contributed by atoms with van der Waals surface area (Å²) in [5, 5.41) is 0.228. The van der Waals surface area contributed by atoms with Gasteiger partial charge in [-0.15, -0.1) is 0 Å². The van der Waals surface area contributed by atoms with Crippen LogP contribution in [0.5, 0.6) is 11.5 Å². The van der Waals surface area contributed by atoms with Gasteiger partial charge in [0, 0.05) is 19.1 Å². The fourth-order valence-electron chi connectivity index (χ4n) is 4.11. The maximum absolute atomic E-state index is 12.6. The van der Waals surface area contributed by atoms with Crippen LogP contribution in [-0.2, 0) is 11.2 Å². The number of nitrogens with zero attached hydrogens (tertiary/aromatic N) is 1. The van der Waals surface area contributed by atoms with E-state index in [-0.39, 0.29) is 34.3 Å². The van der Waals surface area contributed by atoms with Gasteiger partial charge < -0.3 is 14.2 Å². The van der Waals surface area contributed by atoms with Gasteiger partial charge in [-0.2, -0.15) is 13.2 Å². The lowest BCUT2D eigenvalue weighted by Crippen LogP contribution is -2.47. The Balaban J connectivity index is 1.84. The van der Waals surface area contributed by atoms with E-state index in [1.807, 2.05) is 0 Å². The van der Waals surface area contributed by atoms with Crippen molar-refractivity contribution in [1.82, 2.24) is 4.90 Å². The summed E-state index contributed by atoms with van der Waals surface area (Å²) in [6, 6.07) is 1.95. The van der Waals surface area contributed by atoms with Gasteiger partial charge in [-0.05, 0) is 57.2 Å². The molecule has 2 aliphatic heterocycles. The lowest BCUT2D eigenvalue weighted by atomic mass is 9.85. The number of hydrogen-bond donors (Lipinski definition) is 0. The number of rotatable bonds is 4. The molecule has 1 fully saturated rings. The van der Waals surface area contributed by atoms with Crippen molar-refractivity contribution in [2.45, 2.75) is 64.0 Å². The van der Waals surface area contributed by atoms with Gasteiger partial charge in [0.05, 0.1) is 23.8 Å². The maximum atomic E-state index is 12.6. The second kappa shape index (κ2) is 7.92. The number of piperidine rings is 1. The molecule has 1 saturated heterocycles. The van der Waals surface area contributed by atoms with Crippen LogP contribution >= 0.6 is 11.6 Å². The molecule has 0 N–H and O–H groups in total. The maximum Gasteiger partial charge on any atom is 0.422 e. The fourth-order valence-corrected chi connectivity index (χ4v) is 4.47. The number of fused-ring (bicyclic) bond motifs is 3. The first-order valence-corrected chi connectivity index (χ1v) is 9.87. The molecule has 0 saturated carbocycles. The average molecular weight is 422 g/mol. The van der Waals surface area contributed by atoms with E-state index in [9.17, 15) is 13.2 Å². The van der Waals surface area contributed by atoms with Crippen molar-refractivity contribution in [3.05, 3.63) is 22.2 Å². The predicted molar refractivity (Wildman–Crippen MR) is 101 cm³/mol. The molecule has 0 aromatic heterocycles. The summed E-state index contributed by atoms with van der Waals surface area (Å²) in [4.78, 5) is 2.37. The Morgan fingerprint density at radius 1 is 1.21 bits per heavy atom. The first kappa shape index (κ1) is 21.5. The number of halogens is 4. The van der Waals surface area contributed by atoms with Gasteiger partial charge in [-0.25, -0.2) is 0 Å². The molecule has 2 heterocycles. The molecule has 158 valence electrons. The summed E-state index contributed by atoms with van der Waals surface area (Å²) in [7, 11) is 1.41. The minimum Gasteiger partial charge on any atom is -0.493 e. The van der Waals surface area contributed by atoms with E-state index in [0.717, 1.165) is 37.1 Å². The van der Waals surface area contributed by atoms with Crippen LogP contribution in [0.15, 0.2) is 6.07 Å². The second-order valence-electron chi connectivity index (χ2n) is 8.38. The number of benzene rings is 1. The van der Waals surface area contributed by atoms with Gasteiger partial charge in [0.1, 0.15) is 0 Å². The topological polar surface area (TPSA) is 30.9 Å². The first-order valence-electron chi connectivity index (χ1n) is 9.49. The molecule has 1 aromatic rings. The smallest absolute Gasteiger partial charge is 0.422 e. The molecule has 2 unspecified atom stereocenters. The van der Waals surface area contributed by atoms with Crippen LogP contribution in [0.1, 0.15) is 50.8 Å². The van der Waals surface area contributed by atoms with Crippen molar-refractivity contribution in [1.29, 1.82) is 0 Å². The van der Waals surface area contributed by atoms with Crippen molar-refractivity contribution in [3.63, 3.8) is 0 Å². The normalized spacial score (nSPS) is 23.1. The predicted octanol–water partition coefficient (Wildman–Crippen LogP) is 5.17. The van der Waals surface area contributed by atoms with Gasteiger partial charge in [0.15, 0.2) is 18.1 Å². The van der Waals surface area contributed by atoms with Gasteiger partial charge >= 0.3 is 6.18 Å². The fraction of sp³-hybridized carbons (Fsp3) is 0.700. The number of methoxy groups -OCH3 is 1. The molecular formula is C20H27ClF3NO3. The zero-order chi connectivity index (χ0) is 20.7. The van der Waals surface area contributed by atoms with Crippen LogP contribution in [0.3, 0.4) is 0 Å². The van der Waals surface area contributed by atoms with Gasteiger partial charge in [0.25, 0.3) is 0 Å². The van der Waals surface area contributed by atoms with Crippen molar-refractivity contribution >= 4 is 11.6 Å². The van der Waals surface area contributed by atoms with E-state index < -0.39 is 12.8 Å². The summed E-state index contributed by atoms with van der Waals surface area (Å²) in [6.07, 6.45) is -1.80. The van der Waals surface area contributed by atoms with Crippen molar-refractivity contribution in [2.24, 2.45) is 0 Å². The highest BCUT2D eigenvalue weighted by atomic mass is 35.5. The molecule has 0 amide bonds. The van der Waals surface area contributed by atoms with Crippen LogP contribution in [-0.4, -0.2) is 49.6 Å². The molecule has 0 aliphatic carbocycles. The van der Waals surface area contributed by atoms with E-state index in [1.165, 1.54) is 7.11 Å². The minimum absolute atomic E-state index is 0.0292. The number of ether oxygens (including phenoxy) is 3. The molecule has 3 rings (SSSR count). The first-order chi connectivity index (χ1) is 13.0. The molecule has 2 atom stereocenters. The Labute approximate surface area is 168 Å². The van der Waals surface area contributed by atoms with Crippen LogP contribution in [0.4, 0.5) is 13.2 Å². The summed E-state index contributed by atoms with van der Waals surface area (Å²) in [6.45, 7) is 6.37. The zero-order valence-electron chi connectivity index (χ0n) is 16.7. The summed E-state index contributed by atoms with van der Waals surface area (Å²) in [5.41, 5.74) is 1.68. The second-order valence-corrected chi connectivity index (χ2v) is 8.76. The number of hydrogen-bond acceptors (Lipinski definition) is 4. The molecule has 4 nitrogen and oxygen atoms in total. The highest BCUT2D eigenvalue weighted by molar-refractivity contribution is 6.33. The SMILES string of the molecule is COc1cc2c(c(Cl)c1OCC(F)(F)F)CCN1CC(OC(C)(C)C)CCC21. The average Bonchev–Trinajstić information content (AvgIpc) is 2.57. The molecule has 8 heteroatoms. The van der Waals surface area contributed by atoms with Crippen LogP contribution in [0.25, 0.3) is 0 Å². The quantitative estimate of drug-likeness (QED) is 0.671. The standard InChI is InChI=1S/C20H27ClF3NO3/c1-19(2,3)28-12-5-6-15-14-9-16(26-4)18(27-11-20(22,23)24)17(21)13(14)7-8-25(15)10-12/h9,12,15H,5-8,10-11H2,1-4H3. The Bertz CT molecular complexity index is 718. The molecule has 28 heavy (non-hydrogen) atoms. The Morgan fingerprint density at radius 3 is 2.54 bits per heavy atom. The van der Waals surface area contributed by atoms with Crippen LogP contribution in [0.2, 0.25) is 5.02 Å². The molecule has 0 radical (unpaired) electrons. The van der Waals surface area contributed by atoms with Crippen LogP contribution in [0, 0.1) is 0 Å². The zero-order valence-corrected chi connectivity index (χ0v) is 17.4. The lowest BCUT2D eigenvalue weighted by molar-refractivity contribution is -0.153. The summed E-state index contributed by atoms with van der Waals surface area (Å²) >= 11 is 6.47. The lowest BCUT2D eigenvalue weighted by Gasteiger charge is -2.45. The van der Waals surface area contributed by atoms with Gasteiger partial charge in [-0.3, -0.25) is 4.90 Å². The largest absolute Gasteiger partial charge is 0.493 e.